The van der Waals surface area contributed by atoms with E-state index in [1.165, 1.54) is 0 Å². The summed E-state index contributed by atoms with van der Waals surface area (Å²) in [6, 6.07) is 0.197. The minimum Gasteiger partial charge on any atom is -0.386 e. The Morgan fingerprint density at radius 2 is 2.04 bits per heavy atom. The van der Waals surface area contributed by atoms with Gasteiger partial charge in [-0.15, -0.1) is 0 Å². The highest BCUT2D eigenvalue weighted by Crippen LogP contribution is 2.27. The van der Waals surface area contributed by atoms with Gasteiger partial charge in [0.1, 0.15) is 6.73 Å². The van der Waals surface area contributed by atoms with Crippen molar-refractivity contribution in [1.29, 1.82) is 0 Å². The molecule has 3 rings (SSSR count). The molecule has 3 N–H and O–H groups in total. The van der Waals surface area contributed by atoms with Crippen molar-refractivity contribution in [3.05, 3.63) is 23.7 Å². The molecule has 0 spiro atoms. The van der Waals surface area contributed by atoms with E-state index in [0.29, 0.717) is 38.7 Å². The lowest BCUT2D eigenvalue weighted by atomic mass is 10.1. The Kier molecular flexibility index (Phi) is 5.09. The fraction of sp³-hybridized carbons (Fsp3) is 0.722. The second-order valence-electron chi connectivity index (χ2n) is 8.03. The summed E-state index contributed by atoms with van der Waals surface area (Å²) in [4.78, 5) is 17.1. The monoisotopic (exact) mass is 350 g/mol. The largest absolute Gasteiger partial charge is 0.386 e. The first-order valence-electron chi connectivity index (χ1n) is 8.96. The first-order chi connectivity index (χ1) is 11.7. The summed E-state index contributed by atoms with van der Waals surface area (Å²) in [7, 11) is 0. The third-order valence-electron chi connectivity index (χ3n) is 4.88. The van der Waals surface area contributed by atoms with Crippen molar-refractivity contribution in [3.63, 3.8) is 0 Å². The molecule has 3 aliphatic heterocycles. The molecule has 0 radical (unpaired) electrons. The number of carbonyl (C=O) groups is 1. The number of amides is 1. The Labute approximate surface area is 149 Å². The normalized spacial score (nSPS) is 31.1. The predicted molar refractivity (Wildman–Crippen MR) is 95.2 cm³/mol. The average molecular weight is 350 g/mol. The van der Waals surface area contributed by atoms with Crippen LogP contribution in [0.15, 0.2) is 23.7 Å². The number of hydrogen-bond donors (Lipinski definition) is 2. The van der Waals surface area contributed by atoms with E-state index in [1.807, 2.05) is 44.7 Å². The standard InChI is InChI=1S/C18H30N4O3/c1-12-15(5-6-16(19)20-12)21-8-14-10-24-9-13(7-17(21)23)22(14)11-25-18(2,3)4/h5-6,12-14,20H,7-11,19H2,1-4H3. The molecule has 3 aliphatic rings. The molecule has 2 saturated heterocycles. The SMILES string of the molecule is CC1NC(N)=CC=C1N1CC2COCC(CC1=O)N2COC(C)(C)C. The van der Waals surface area contributed by atoms with Gasteiger partial charge in [0.15, 0.2) is 0 Å². The van der Waals surface area contributed by atoms with Crippen LogP contribution < -0.4 is 11.1 Å². The lowest BCUT2D eigenvalue weighted by molar-refractivity contribution is -0.135. The van der Waals surface area contributed by atoms with Gasteiger partial charge >= 0.3 is 0 Å². The highest BCUT2D eigenvalue weighted by atomic mass is 16.5. The predicted octanol–water partition coefficient (Wildman–Crippen LogP) is 0.736. The summed E-state index contributed by atoms with van der Waals surface area (Å²) in [6.45, 7) is 10.5. The van der Waals surface area contributed by atoms with Crippen LogP contribution in [-0.4, -0.2) is 65.9 Å². The number of ether oxygens (including phenoxy) is 2. The maximum Gasteiger partial charge on any atom is 0.228 e. The van der Waals surface area contributed by atoms with Crippen LogP contribution in [0.25, 0.3) is 0 Å². The first-order valence-corrected chi connectivity index (χ1v) is 8.96. The van der Waals surface area contributed by atoms with Crippen LogP contribution >= 0.6 is 0 Å². The minimum absolute atomic E-state index is 0.00657. The number of hydrogen-bond acceptors (Lipinski definition) is 6. The summed E-state index contributed by atoms with van der Waals surface area (Å²) in [6.07, 6.45) is 4.20. The van der Waals surface area contributed by atoms with Gasteiger partial charge < -0.3 is 25.4 Å². The molecular weight excluding hydrogens is 320 g/mol. The number of nitrogens with zero attached hydrogens (tertiary/aromatic N) is 2. The van der Waals surface area contributed by atoms with Crippen molar-refractivity contribution in [2.45, 2.75) is 57.8 Å². The molecule has 0 aromatic heterocycles. The second-order valence-corrected chi connectivity index (χ2v) is 8.03. The van der Waals surface area contributed by atoms with E-state index >= 15 is 0 Å². The maximum atomic E-state index is 12.9. The average Bonchev–Trinajstić information content (AvgIpc) is 2.57. The topological polar surface area (TPSA) is 80.1 Å². The first kappa shape index (κ1) is 18.2. The zero-order valence-electron chi connectivity index (χ0n) is 15.6. The van der Waals surface area contributed by atoms with Crippen LogP contribution in [0.3, 0.4) is 0 Å². The number of dihydropyridines is 1. The lowest BCUT2D eigenvalue weighted by Crippen LogP contribution is -2.55. The van der Waals surface area contributed by atoms with E-state index in [2.05, 4.69) is 10.2 Å². The summed E-state index contributed by atoms with van der Waals surface area (Å²) < 4.78 is 11.8. The van der Waals surface area contributed by atoms with Gasteiger partial charge in [0.25, 0.3) is 0 Å². The molecule has 7 nitrogen and oxygen atoms in total. The van der Waals surface area contributed by atoms with Crippen LogP contribution in [0.5, 0.6) is 0 Å². The third-order valence-corrected chi connectivity index (χ3v) is 4.88. The van der Waals surface area contributed by atoms with Crippen molar-refractivity contribution in [1.82, 2.24) is 15.1 Å². The Hall–Kier alpha value is -1.57. The fourth-order valence-corrected chi connectivity index (χ4v) is 3.53. The van der Waals surface area contributed by atoms with Crippen LogP contribution in [0.1, 0.15) is 34.1 Å². The molecule has 3 atom stereocenters. The smallest absolute Gasteiger partial charge is 0.228 e. The van der Waals surface area contributed by atoms with E-state index in [9.17, 15) is 4.79 Å². The number of nitrogens with two attached hydrogens (primary N) is 1. The van der Waals surface area contributed by atoms with E-state index in [1.54, 1.807) is 0 Å². The molecular formula is C18H30N4O3. The summed E-state index contributed by atoms with van der Waals surface area (Å²) >= 11 is 0. The lowest BCUT2D eigenvalue weighted by Gasteiger charge is -2.41. The number of carbonyl (C=O) groups excluding carboxylic acids is 1. The molecule has 140 valence electrons. The molecule has 0 aromatic rings. The molecule has 0 saturated carbocycles. The zero-order chi connectivity index (χ0) is 18.2. The van der Waals surface area contributed by atoms with Gasteiger partial charge in [0.05, 0.1) is 36.7 Å². The number of rotatable bonds is 3. The van der Waals surface area contributed by atoms with Crippen molar-refractivity contribution >= 4 is 5.91 Å². The Balaban J connectivity index is 1.80. The van der Waals surface area contributed by atoms with Crippen LogP contribution in [-0.2, 0) is 14.3 Å². The van der Waals surface area contributed by atoms with Gasteiger partial charge in [-0.3, -0.25) is 9.69 Å². The number of allylic oxidation sites excluding steroid dienone is 2. The molecule has 2 fully saturated rings. The van der Waals surface area contributed by atoms with Gasteiger partial charge in [-0.2, -0.15) is 0 Å². The van der Waals surface area contributed by atoms with Gasteiger partial charge in [0.2, 0.25) is 5.91 Å². The van der Waals surface area contributed by atoms with Crippen LogP contribution in [0.4, 0.5) is 0 Å². The van der Waals surface area contributed by atoms with Crippen molar-refractivity contribution in [3.8, 4) is 0 Å². The fourth-order valence-electron chi connectivity index (χ4n) is 3.53. The summed E-state index contributed by atoms with van der Waals surface area (Å²) in [5, 5.41) is 3.19. The second kappa shape index (κ2) is 6.97. The minimum atomic E-state index is -0.211. The van der Waals surface area contributed by atoms with E-state index in [0.717, 1.165) is 5.70 Å². The van der Waals surface area contributed by atoms with Crippen molar-refractivity contribution in [2.24, 2.45) is 5.73 Å². The molecule has 0 aliphatic carbocycles. The Morgan fingerprint density at radius 3 is 2.72 bits per heavy atom. The molecule has 3 unspecified atom stereocenters. The molecule has 3 heterocycles. The molecule has 25 heavy (non-hydrogen) atoms. The highest BCUT2D eigenvalue weighted by Gasteiger charge is 2.40. The molecule has 7 heteroatoms. The summed E-state index contributed by atoms with van der Waals surface area (Å²) in [5.41, 5.74) is 6.58. The highest BCUT2D eigenvalue weighted by molar-refractivity contribution is 5.79. The van der Waals surface area contributed by atoms with E-state index in [4.69, 9.17) is 15.2 Å². The zero-order valence-corrected chi connectivity index (χ0v) is 15.6. The van der Waals surface area contributed by atoms with Crippen LogP contribution in [0, 0.1) is 0 Å². The van der Waals surface area contributed by atoms with Crippen molar-refractivity contribution < 1.29 is 14.3 Å². The Morgan fingerprint density at radius 1 is 1.32 bits per heavy atom. The van der Waals surface area contributed by atoms with Crippen LogP contribution in [0.2, 0.25) is 0 Å². The third kappa shape index (κ3) is 4.16. The van der Waals surface area contributed by atoms with Crippen molar-refractivity contribution in [2.75, 3.05) is 26.5 Å². The Bertz CT molecular complexity index is 581. The molecule has 0 aromatic carbocycles. The number of nitrogens with one attached hydrogen (secondary N) is 1. The summed E-state index contributed by atoms with van der Waals surface area (Å²) in [5.74, 6) is 0.758. The van der Waals surface area contributed by atoms with Gasteiger partial charge in [-0.25, -0.2) is 0 Å². The quantitative estimate of drug-likeness (QED) is 0.781. The number of morpholine rings is 1. The molecule has 2 bridgehead atoms. The maximum absolute atomic E-state index is 12.9. The molecule has 1 amide bonds. The van der Waals surface area contributed by atoms with Gasteiger partial charge in [-0.1, -0.05) is 0 Å². The number of fused-ring (bicyclic) bond motifs is 2. The van der Waals surface area contributed by atoms with E-state index < -0.39 is 0 Å². The van der Waals surface area contributed by atoms with Gasteiger partial charge in [0, 0.05) is 24.7 Å². The van der Waals surface area contributed by atoms with Gasteiger partial charge in [-0.05, 0) is 39.8 Å². The van der Waals surface area contributed by atoms with E-state index in [-0.39, 0.29) is 29.6 Å².